The molecule has 20 unspecified atom stereocenters. The highest BCUT2D eigenvalue weighted by Gasteiger charge is 2.66. The fourth-order valence-corrected chi connectivity index (χ4v) is 21.4. The molecule has 20 atom stereocenters. The molecule has 60 heavy (non-hydrogen) atoms. The van der Waals surface area contributed by atoms with Gasteiger partial charge in [-0.2, -0.15) is 8.78 Å². The zero-order chi connectivity index (χ0) is 40.5. The Balaban J connectivity index is 0.918. The molecule has 1 spiro atoms. The van der Waals surface area contributed by atoms with Crippen LogP contribution in [0.1, 0.15) is 154 Å². The molecule has 0 aromatic heterocycles. The third kappa shape index (κ3) is 4.65. The van der Waals surface area contributed by atoms with Crippen LogP contribution in [0.4, 0.5) is 17.6 Å². The van der Waals surface area contributed by atoms with Crippen molar-refractivity contribution < 1.29 is 40.1 Å². The summed E-state index contributed by atoms with van der Waals surface area (Å²) >= 11 is 0. The van der Waals surface area contributed by atoms with Gasteiger partial charge in [-0.3, -0.25) is 0 Å². The first-order valence-electron chi connectivity index (χ1n) is 24.1. The summed E-state index contributed by atoms with van der Waals surface area (Å²) in [6.45, 7) is 0. The fourth-order valence-electron chi connectivity index (χ4n) is 20.8. The van der Waals surface area contributed by atoms with Crippen molar-refractivity contribution in [3.8, 4) is 5.75 Å². The normalized spacial score (nSPS) is 49.0. The number of hydrogen-bond acceptors (Lipinski definition) is 5. The fraction of sp³-hybridized carbons (Fsp3) is 0.740. The van der Waals surface area contributed by atoms with E-state index < -0.39 is 50.0 Å². The molecular formula is C50H55F4O5S-. The van der Waals surface area contributed by atoms with Gasteiger partial charge >= 0.3 is 5.97 Å². The number of carbonyl (C=O) groups excluding carboxylic acids is 1. The molecule has 320 valence electrons. The number of esters is 1. The van der Waals surface area contributed by atoms with Gasteiger partial charge in [-0.1, -0.05) is 18.6 Å². The van der Waals surface area contributed by atoms with E-state index in [1.165, 1.54) is 89.0 Å². The molecule has 0 aliphatic heterocycles. The van der Waals surface area contributed by atoms with Crippen LogP contribution in [0.15, 0.2) is 17.0 Å². The van der Waals surface area contributed by atoms with E-state index in [4.69, 9.17) is 4.74 Å². The van der Waals surface area contributed by atoms with Gasteiger partial charge in [0.05, 0.1) is 5.56 Å². The van der Waals surface area contributed by atoms with Crippen LogP contribution in [0.5, 0.6) is 5.75 Å². The lowest BCUT2D eigenvalue weighted by Gasteiger charge is -2.44. The van der Waals surface area contributed by atoms with Gasteiger partial charge < -0.3 is 9.29 Å². The number of rotatable bonds is 6. The summed E-state index contributed by atoms with van der Waals surface area (Å²) in [6, 6.07) is 4.61. The van der Waals surface area contributed by atoms with E-state index in [0.29, 0.717) is 70.2 Å². The molecule has 12 saturated carbocycles. The van der Waals surface area contributed by atoms with Crippen LogP contribution in [0, 0.1) is 123 Å². The van der Waals surface area contributed by atoms with Crippen LogP contribution in [0.2, 0.25) is 0 Å². The van der Waals surface area contributed by atoms with Crippen molar-refractivity contribution in [2.24, 2.45) is 100 Å². The largest absolute Gasteiger partial charge is 0.744 e. The highest BCUT2D eigenvalue weighted by atomic mass is 32.2. The van der Waals surface area contributed by atoms with E-state index in [-0.39, 0.29) is 11.8 Å². The first-order chi connectivity index (χ1) is 28.9. The van der Waals surface area contributed by atoms with Gasteiger partial charge in [-0.15, -0.1) is 0 Å². The molecule has 0 radical (unpaired) electrons. The second-order valence-corrected chi connectivity index (χ2v) is 24.7. The van der Waals surface area contributed by atoms with Crippen LogP contribution in [0.25, 0.3) is 0 Å². The van der Waals surface area contributed by atoms with Crippen LogP contribution in [-0.2, 0) is 10.1 Å². The molecule has 0 heterocycles. The molecule has 12 fully saturated rings. The zero-order valence-corrected chi connectivity index (χ0v) is 34.9. The van der Waals surface area contributed by atoms with Crippen molar-refractivity contribution in [2.75, 3.05) is 0 Å². The van der Waals surface area contributed by atoms with Crippen molar-refractivity contribution in [3.05, 3.63) is 57.7 Å². The number of halogens is 4. The second-order valence-electron chi connectivity index (χ2n) is 23.4. The zero-order valence-electron chi connectivity index (χ0n) is 34.1. The van der Waals surface area contributed by atoms with Gasteiger partial charge in [0.15, 0.2) is 11.6 Å². The van der Waals surface area contributed by atoms with E-state index in [1.807, 2.05) is 0 Å². The Morgan fingerprint density at radius 2 is 1.15 bits per heavy atom. The van der Waals surface area contributed by atoms with Crippen molar-refractivity contribution in [3.63, 3.8) is 0 Å². The average Bonchev–Trinajstić information content (AvgIpc) is 4.05. The minimum absolute atomic E-state index is 0.0809. The summed E-state index contributed by atoms with van der Waals surface area (Å²) < 4.78 is 103. The van der Waals surface area contributed by atoms with E-state index in [1.54, 1.807) is 0 Å². The maximum atomic E-state index is 15.7. The van der Waals surface area contributed by atoms with E-state index in [0.717, 1.165) is 78.2 Å². The Morgan fingerprint density at radius 1 is 0.583 bits per heavy atom. The van der Waals surface area contributed by atoms with Crippen LogP contribution in [0.3, 0.4) is 0 Å². The highest BCUT2D eigenvalue weighted by molar-refractivity contribution is 7.85. The third-order valence-electron chi connectivity index (χ3n) is 21.9. The number of carbonyl (C=O) groups is 1. The predicted octanol–water partition coefficient (Wildman–Crippen LogP) is 11.3. The number of hydrogen-bond donors (Lipinski definition) is 0. The third-order valence-corrected chi connectivity index (χ3v) is 22.8. The molecule has 12 bridgehead atoms. The van der Waals surface area contributed by atoms with Crippen molar-refractivity contribution in [1.29, 1.82) is 0 Å². The van der Waals surface area contributed by atoms with Crippen LogP contribution < -0.4 is 4.74 Å². The van der Waals surface area contributed by atoms with E-state index in [9.17, 15) is 13.0 Å². The number of benzene rings is 2. The quantitative estimate of drug-likeness (QED) is 0.0722. The molecule has 12 aliphatic rings. The Labute approximate surface area is 350 Å². The summed E-state index contributed by atoms with van der Waals surface area (Å²) in [7, 11) is -5.92. The summed E-state index contributed by atoms with van der Waals surface area (Å²) in [5.41, 5.74) is 4.00. The average molecular weight is 844 g/mol. The minimum atomic E-state index is -5.92. The predicted molar refractivity (Wildman–Crippen MR) is 211 cm³/mol. The molecule has 5 nitrogen and oxygen atoms in total. The molecule has 14 rings (SSSR count). The maximum Gasteiger partial charge on any atom is 0.344 e. The molecule has 0 saturated heterocycles. The molecule has 0 N–H and O–H groups in total. The topological polar surface area (TPSA) is 83.5 Å². The van der Waals surface area contributed by atoms with Gasteiger partial charge in [0.25, 0.3) is 0 Å². The Kier molecular flexibility index (Phi) is 7.52. The van der Waals surface area contributed by atoms with Crippen molar-refractivity contribution >= 4 is 16.1 Å². The lowest BCUT2D eigenvalue weighted by atomic mass is 9.60. The Hall–Kier alpha value is -2.46. The van der Waals surface area contributed by atoms with Gasteiger partial charge in [0, 0.05) is 0 Å². The summed E-state index contributed by atoms with van der Waals surface area (Å²) in [4.78, 5) is 12.9. The summed E-state index contributed by atoms with van der Waals surface area (Å²) in [6.07, 6.45) is 21.3. The van der Waals surface area contributed by atoms with Gasteiger partial charge in [0.1, 0.15) is 15.0 Å². The second kappa shape index (κ2) is 12.2. The Bertz CT molecular complexity index is 2280. The monoisotopic (exact) mass is 843 g/mol. The molecule has 12 aliphatic carbocycles. The number of fused-ring (bicyclic) bond motifs is 24. The van der Waals surface area contributed by atoms with Gasteiger partial charge in [0.2, 0.25) is 17.4 Å². The summed E-state index contributed by atoms with van der Waals surface area (Å²) in [5, 5.41) is 0. The number of ether oxygens (including phenoxy) is 1. The van der Waals surface area contributed by atoms with Gasteiger partial charge in [-0.25, -0.2) is 22.0 Å². The summed E-state index contributed by atoms with van der Waals surface area (Å²) in [5.74, 6) is -0.529. The molecule has 2 aromatic rings. The lowest BCUT2D eigenvalue weighted by Crippen LogP contribution is -2.36. The first-order valence-corrected chi connectivity index (χ1v) is 25.5. The minimum Gasteiger partial charge on any atom is -0.744 e. The Morgan fingerprint density at radius 3 is 1.63 bits per heavy atom. The van der Waals surface area contributed by atoms with E-state index >= 15 is 22.4 Å². The van der Waals surface area contributed by atoms with E-state index in [2.05, 4.69) is 12.1 Å². The molecular weight excluding hydrogens is 789 g/mol. The lowest BCUT2D eigenvalue weighted by molar-refractivity contribution is 0.0706. The SMILES string of the molecule is O=C(Oc1c(F)c(F)c(S(=O)(=O)[O-])c(F)c1F)c1c(C2CC3CC2C2C4CCC(C4)C32)cc(C2CC3CC2CC32CC3CCC2C3)cc1C1CC2CC1C1C3CCC(C3)C21. The van der Waals surface area contributed by atoms with Crippen molar-refractivity contribution in [1.82, 2.24) is 0 Å². The van der Waals surface area contributed by atoms with Crippen LogP contribution >= 0.6 is 0 Å². The van der Waals surface area contributed by atoms with Gasteiger partial charge in [-0.05, 0) is 237 Å². The maximum absolute atomic E-state index is 15.7. The van der Waals surface area contributed by atoms with Crippen LogP contribution in [-0.4, -0.2) is 18.9 Å². The van der Waals surface area contributed by atoms with Crippen molar-refractivity contribution in [2.45, 2.75) is 132 Å². The first kappa shape index (κ1) is 37.0. The molecule has 10 heteroatoms. The standard InChI is InChI=1S/C50H56F4O5S/c51-43-45(53)48(60(56,57)58)46(54)44(52)47(43)59-49(55)42-36(32-13-26-15-34(32)40-23-4-2-21(8-23)38(26)40)11-25(31-17-30-10-28(31)19-50(30)18-20-1-6-29(50)7-20)12-37(42)33-14-27-16-35(33)41-24-5-3-22(9-24)39(27)41/h11-12,20-24,26-35,38-41H,1-10,13-19H2,(H,56,57,58)/p-1. The highest BCUT2D eigenvalue weighted by Crippen LogP contribution is 2.75. The molecule has 2 aromatic carbocycles. The smallest absolute Gasteiger partial charge is 0.344 e. The molecule has 0 amide bonds.